The van der Waals surface area contributed by atoms with Gasteiger partial charge in [0.2, 0.25) is 0 Å². The Kier molecular flexibility index (Phi) is 5.02. The standard InChI is InChI=1S/C31H21ClN2O5/c1-16-9-10-17-5-4-8-24(28(17)34-16)33-15-19-25(35)12-11-21-29(19)38-27-14-26(36)23(32)13-22(27)31(21)20-7-3-2-6-18(20)30(37)39-31/h2-14,33,35-36H,15H2,1H3. The summed E-state index contributed by atoms with van der Waals surface area (Å²) in [6, 6.07) is 23.2. The van der Waals surface area contributed by atoms with E-state index in [2.05, 4.69) is 10.3 Å². The number of phenols is 2. The molecule has 0 saturated carbocycles. The number of nitrogens with one attached hydrogen (secondary N) is 1. The number of aryl methyl sites for hydroxylation is 1. The highest BCUT2D eigenvalue weighted by atomic mass is 35.5. The highest BCUT2D eigenvalue weighted by Gasteiger charge is 2.54. The van der Waals surface area contributed by atoms with Crippen LogP contribution in [-0.4, -0.2) is 21.2 Å². The minimum atomic E-state index is -1.38. The van der Waals surface area contributed by atoms with Crippen LogP contribution in [0.5, 0.6) is 23.0 Å². The third-order valence-corrected chi connectivity index (χ3v) is 7.65. The average Bonchev–Trinajstić information content (AvgIpc) is 3.22. The summed E-state index contributed by atoms with van der Waals surface area (Å²) in [6.45, 7) is 2.12. The van der Waals surface area contributed by atoms with Crippen molar-refractivity contribution in [3.63, 3.8) is 0 Å². The van der Waals surface area contributed by atoms with Crippen molar-refractivity contribution in [1.82, 2.24) is 4.98 Å². The zero-order chi connectivity index (χ0) is 26.9. The molecule has 4 aromatic carbocycles. The van der Waals surface area contributed by atoms with Gasteiger partial charge in [-0.15, -0.1) is 0 Å². The van der Waals surface area contributed by atoms with Gasteiger partial charge in [-0.25, -0.2) is 4.79 Å². The first kappa shape index (κ1) is 23.4. The summed E-state index contributed by atoms with van der Waals surface area (Å²) in [4.78, 5) is 17.8. The van der Waals surface area contributed by atoms with Crippen LogP contribution >= 0.6 is 11.6 Å². The van der Waals surface area contributed by atoms with Gasteiger partial charge >= 0.3 is 5.97 Å². The number of pyridine rings is 1. The van der Waals surface area contributed by atoms with E-state index in [0.717, 1.165) is 22.3 Å². The van der Waals surface area contributed by atoms with E-state index in [0.29, 0.717) is 33.6 Å². The van der Waals surface area contributed by atoms with Crippen LogP contribution in [0.25, 0.3) is 10.9 Å². The Morgan fingerprint density at radius 1 is 0.923 bits per heavy atom. The number of aromatic hydroxyl groups is 2. The first-order valence-electron chi connectivity index (χ1n) is 12.4. The number of ether oxygens (including phenoxy) is 2. The molecule has 8 heteroatoms. The normalized spacial score (nSPS) is 16.8. The van der Waals surface area contributed by atoms with Gasteiger partial charge in [0.1, 0.15) is 23.0 Å². The van der Waals surface area contributed by atoms with Crippen LogP contribution in [0, 0.1) is 6.92 Å². The fourth-order valence-corrected chi connectivity index (χ4v) is 5.69. The molecule has 0 radical (unpaired) electrons. The molecule has 0 saturated heterocycles. The van der Waals surface area contributed by atoms with Crippen molar-refractivity contribution < 1.29 is 24.5 Å². The van der Waals surface area contributed by atoms with Crippen LogP contribution in [0.1, 0.15) is 38.3 Å². The molecule has 0 aliphatic carbocycles. The third-order valence-electron chi connectivity index (χ3n) is 7.34. The number of hydrogen-bond donors (Lipinski definition) is 3. The van der Waals surface area contributed by atoms with Crippen molar-refractivity contribution in [2.75, 3.05) is 5.32 Å². The van der Waals surface area contributed by atoms with Gasteiger partial charge < -0.3 is 25.0 Å². The second-order valence-electron chi connectivity index (χ2n) is 9.64. The van der Waals surface area contributed by atoms with E-state index in [1.54, 1.807) is 30.3 Å². The number of anilines is 1. The van der Waals surface area contributed by atoms with Crippen LogP contribution in [-0.2, 0) is 16.9 Å². The van der Waals surface area contributed by atoms with Gasteiger partial charge in [-0.05, 0) is 43.3 Å². The lowest BCUT2D eigenvalue weighted by Gasteiger charge is -2.37. The summed E-state index contributed by atoms with van der Waals surface area (Å²) in [7, 11) is 0. The van der Waals surface area contributed by atoms with Gasteiger partial charge in [0.15, 0.2) is 5.60 Å². The fourth-order valence-electron chi connectivity index (χ4n) is 5.53. The average molecular weight is 537 g/mol. The van der Waals surface area contributed by atoms with Crippen LogP contribution in [0.4, 0.5) is 5.69 Å². The molecule has 7 rings (SSSR count). The molecule has 3 N–H and O–H groups in total. The maximum absolute atomic E-state index is 13.1. The van der Waals surface area contributed by atoms with Crippen LogP contribution in [0.2, 0.25) is 5.02 Å². The van der Waals surface area contributed by atoms with Gasteiger partial charge in [-0.2, -0.15) is 0 Å². The number of aromatic nitrogens is 1. The van der Waals surface area contributed by atoms with Gasteiger partial charge in [-0.3, -0.25) is 4.98 Å². The largest absolute Gasteiger partial charge is 0.507 e. The fraction of sp³-hybridized carbons (Fsp3) is 0.0968. The molecule has 0 fully saturated rings. The quantitative estimate of drug-likeness (QED) is 0.218. The Bertz CT molecular complexity index is 1850. The number of hydrogen-bond acceptors (Lipinski definition) is 7. The highest BCUT2D eigenvalue weighted by molar-refractivity contribution is 6.32. The Morgan fingerprint density at radius 3 is 2.64 bits per heavy atom. The summed E-state index contributed by atoms with van der Waals surface area (Å²) in [6.07, 6.45) is 0. The predicted molar refractivity (Wildman–Crippen MR) is 147 cm³/mol. The Balaban J connectivity index is 1.42. The smallest absolute Gasteiger partial charge is 0.340 e. The Morgan fingerprint density at radius 2 is 1.77 bits per heavy atom. The van der Waals surface area contributed by atoms with Gasteiger partial charge in [0, 0.05) is 40.4 Å². The van der Waals surface area contributed by atoms with E-state index in [1.807, 2.05) is 49.4 Å². The van der Waals surface area contributed by atoms with Crippen LogP contribution in [0.3, 0.4) is 0 Å². The molecule has 1 spiro atoms. The van der Waals surface area contributed by atoms with Crippen LogP contribution < -0.4 is 10.1 Å². The minimum Gasteiger partial charge on any atom is -0.507 e. The molecule has 2 aliphatic heterocycles. The first-order valence-corrected chi connectivity index (χ1v) is 12.7. The topological polar surface area (TPSA) is 101 Å². The minimum absolute atomic E-state index is 0.0000190. The van der Waals surface area contributed by atoms with Crippen molar-refractivity contribution in [1.29, 1.82) is 0 Å². The van der Waals surface area contributed by atoms with Crippen molar-refractivity contribution in [2.45, 2.75) is 19.1 Å². The number of phenolic OH excluding ortho intramolecular Hbond substituents is 2. The Hall–Kier alpha value is -4.75. The van der Waals surface area contributed by atoms with Crippen LogP contribution in [0.15, 0.2) is 78.9 Å². The lowest BCUT2D eigenvalue weighted by atomic mass is 9.77. The maximum Gasteiger partial charge on any atom is 0.340 e. The van der Waals surface area contributed by atoms with E-state index < -0.39 is 11.6 Å². The number of esters is 1. The molecular weight excluding hydrogens is 516 g/mol. The molecule has 39 heavy (non-hydrogen) atoms. The summed E-state index contributed by atoms with van der Waals surface area (Å²) in [5, 5.41) is 25.9. The molecule has 3 heterocycles. The number of para-hydroxylation sites is 1. The summed E-state index contributed by atoms with van der Waals surface area (Å²) >= 11 is 6.33. The third kappa shape index (κ3) is 3.36. The lowest BCUT2D eigenvalue weighted by Crippen LogP contribution is -2.33. The molecule has 1 unspecified atom stereocenters. The number of rotatable bonds is 3. The number of nitrogens with zero attached hydrogens (tertiary/aromatic N) is 1. The van der Waals surface area contributed by atoms with Gasteiger partial charge in [-0.1, -0.05) is 48.0 Å². The number of halogens is 1. The SMILES string of the molecule is Cc1ccc2cccc(NCc3c(O)ccc4c3Oc3cc(O)c(Cl)cc3C43OC(=O)c4ccccc43)c2n1. The molecule has 7 nitrogen and oxygen atoms in total. The van der Waals surface area contributed by atoms with Crippen molar-refractivity contribution >= 4 is 34.2 Å². The molecule has 0 bridgehead atoms. The van der Waals surface area contributed by atoms with Gasteiger partial charge in [0.25, 0.3) is 0 Å². The number of carbonyl (C=O) groups is 1. The molecule has 1 aromatic heterocycles. The van der Waals surface area contributed by atoms with E-state index >= 15 is 0 Å². The molecule has 192 valence electrons. The zero-order valence-electron chi connectivity index (χ0n) is 20.7. The number of benzene rings is 4. The molecule has 1 atom stereocenters. The molecular formula is C31H21ClN2O5. The summed E-state index contributed by atoms with van der Waals surface area (Å²) in [5.74, 6) is -0.0731. The van der Waals surface area contributed by atoms with E-state index in [1.165, 1.54) is 6.07 Å². The van der Waals surface area contributed by atoms with Crippen molar-refractivity contribution in [2.24, 2.45) is 0 Å². The summed E-state index contributed by atoms with van der Waals surface area (Å²) < 4.78 is 12.5. The van der Waals surface area contributed by atoms with Crippen molar-refractivity contribution in [3.05, 3.63) is 117 Å². The monoisotopic (exact) mass is 536 g/mol. The second kappa shape index (κ2) is 8.38. The van der Waals surface area contributed by atoms with E-state index in [9.17, 15) is 15.0 Å². The van der Waals surface area contributed by atoms with Gasteiger partial charge in [0.05, 0.1) is 27.4 Å². The zero-order valence-corrected chi connectivity index (χ0v) is 21.4. The number of fused-ring (bicyclic) bond motifs is 7. The summed E-state index contributed by atoms with van der Waals surface area (Å²) in [5.41, 5.74) is 3.63. The molecule has 0 amide bonds. The maximum atomic E-state index is 13.1. The van der Waals surface area contributed by atoms with Crippen molar-refractivity contribution in [3.8, 4) is 23.0 Å². The highest BCUT2D eigenvalue weighted by Crippen LogP contribution is 2.58. The predicted octanol–water partition coefficient (Wildman–Crippen LogP) is 6.79. The molecule has 5 aromatic rings. The first-order chi connectivity index (χ1) is 18.9. The molecule has 2 aliphatic rings. The van der Waals surface area contributed by atoms with E-state index in [4.69, 9.17) is 21.1 Å². The Labute approximate surface area is 228 Å². The lowest BCUT2D eigenvalue weighted by molar-refractivity contribution is 0.0223. The second-order valence-corrected chi connectivity index (χ2v) is 10.0. The number of carbonyl (C=O) groups excluding carboxylic acids is 1. The van der Waals surface area contributed by atoms with E-state index in [-0.39, 0.29) is 28.8 Å².